The maximum absolute atomic E-state index is 12.3. The molecule has 19 heavy (non-hydrogen) atoms. The molecule has 0 heterocycles. The minimum Gasteiger partial charge on any atom is -0.379 e. The van der Waals surface area contributed by atoms with Gasteiger partial charge < -0.3 is 10.2 Å². The maximum atomic E-state index is 12.3. The summed E-state index contributed by atoms with van der Waals surface area (Å²) in [5, 5.41) is 13.9. The fourth-order valence-electron chi connectivity index (χ4n) is 1.88. The van der Waals surface area contributed by atoms with Crippen LogP contribution in [0.5, 0.6) is 0 Å². The Morgan fingerprint density at radius 2 is 2.11 bits per heavy atom. The summed E-state index contributed by atoms with van der Waals surface area (Å²) in [6.07, 6.45) is 0.841. The summed E-state index contributed by atoms with van der Waals surface area (Å²) in [7, 11) is 1.69. The van der Waals surface area contributed by atoms with Crippen molar-refractivity contribution in [2.24, 2.45) is 0 Å². The van der Waals surface area contributed by atoms with Crippen LogP contribution in [0.4, 0.5) is 11.4 Å². The van der Waals surface area contributed by atoms with Crippen LogP contribution in [0.2, 0.25) is 0 Å². The molecule has 1 aromatic carbocycles. The monoisotopic (exact) mass is 265 g/mol. The van der Waals surface area contributed by atoms with E-state index in [-0.39, 0.29) is 11.6 Å². The highest BCUT2D eigenvalue weighted by atomic mass is 16.6. The van der Waals surface area contributed by atoms with E-state index < -0.39 is 4.92 Å². The molecular weight excluding hydrogens is 246 g/mol. The van der Waals surface area contributed by atoms with Crippen molar-refractivity contribution >= 4 is 17.3 Å². The predicted octanol–water partition coefficient (Wildman–Crippen LogP) is 2.51. The van der Waals surface area contributed by atoms with Crippen LogP contribution in [0.25, 0.3) is 0 Å². The van der Waals surface area contributed by atoms with Crippen LogP contribution in [0, 0.1) is 10.1 Å². The van der Waals surface area contributed by atoms with Gasteiger partial charge >= 0.3 is 0 Å². The van der Waals surface area contributed by atoms with Crippen LogP contribution < -0.4 is 5.32 Å². The molecule has 1 amide bonds. The Bertz CT molecular complexity index is 474. The Morgan fingerprint density at radius 1 is 1.42 bits per heavy atom. The lowest BCUT2D eigenvalue weighted by molar-refractivity contribution is -0.384. The molecule has 104 valence electrons. The number of nitrogens with zero attached hydrogens (tertiary/aromatic N) is 2. The summed E-state index contributed by atoms with van der Waals surface area (Å²) in [5.74, 6) is -0.207. The molecule has 0 saturated carbocycles. The summed E-state index contributed by atoms with van der Waals surface area (Å²) in [6, 6.07) is 4.54. The Balaban J connectivity index is 3.22. The number of anilines is 1. The third kappa shape index (κ3) is 3.43. The third-order valence-electron chi connectivity index (χ3n) is 2.73. The smallest absolute Gasteiger partial charge is 0.293 e. The minimum absolute atomic E-state index is 0.0717. The van der Waals surface area contributed by atoms with Crippen molar-refractivity contribution in [1.82, 2.24) is 4.90 Å². The van der Waals surface area contributed by atoms with Crippen molar-refractivity contribution < 1.29 is 9.72 Å². The van der Waals surface area contributed by atoms with Gasteiger partial charge in [0.25, 0.3) is 11.6 Å². The fraction of sp³-hybridized carbons (Fsp3) is 0.462. The van der Waals surface area contributed by atoms with E-state index in [1.807, 2.05) is 13.8 Å². The number of amides is 1. The van der Waals surface area contributed by atoms with E-state index in [4.69, 9.17) is 0 Å². The third-order valence-corrected chi connectivity index (χ3v) is 2.73. The van der Waals surface area contributed by atoms with Crippen LogP contribution in [0.3, 0.4) is 0 Å². The zero-order valence-electron chi connectivity index (χ0n) is 11.5. The van der Waals surface area contributed by atoms with Crippen LogP contribution in [-0.2, 0) is 0 Å². The largest absolute Gasteiger partial charge is 0.379 e. The molecule has 1 N–H and O–H groups in total. The zero-order valence-corrected chi connectivity index (χ0v) is 11.5. The van der Waals surface area contributed by atoms with Crippen LogP contribution in [-0.4, -0.2) is 35.9 Å². The van der Waals surface area contributed by atoms with Gasteiger partial charge in [-0.3, -0.25) is 14.9 Å². The molecule has 0 spiro atoms. The van der Waals surface area contributed by atoms with Gasteiger partial charge in [-0.2, -0.15) is 0 Å². The molecular formula is C13H19N3O3. The quantitative estimate of drug-likeness (QED) is 0.633. The standard InChI is InChI=1S/C13H19N3O3/c1-4-9-15(3)13(17)10-7-6-8-11(16(18)19)12(10)14-5-2/h6-8,14H,4-5,9H2,1-3H3. The minimum atomic E-state index is -0.478. The number of benzene rings is 1. The van der Waals surface area contributed by atoms with Crippen molar-refractivity contribution in [3.8, 4) is 0 Å². The number of nitro benzene ring substituents is 1. The topological polar surface area (TPSA) is 75.5 Å². The highest BCUT2D eigenvalue weighted by Crippen LogP contribution is 2.28. The number of hydrogen-bond acceptors (Lipinski definition) is 4. The first-order valence-electron chi connectivity index (χ1n) is 6.29. The maximum Gasteiger partial charge on any atom is 0.293 e. The normalized spacial score (nSPS) is 10.1. The molecule has 0 aromatic heterocycles. The van der Waals surface area contributed by atoms with Gasteiger partial charge in [0.15, 0.2) is 0 Å². The van der Waals surface area contributed by atoms with Gasteiger partial charge in [0, 0.05) is 26.2 Å². The second-order valence-corrected chi connectivity index (χ2v) is 4.21. The van der Waals surface area contributed by atoms with Crippen LogP contribution in [0.1, 0.15) is 30.6 Å². The average molecular weight is 265 g/mol. The first-order chi connectivity index (χ1) is 9.02. The van der Waals surface area contributed by atoms with Gasteiger partial charge in [-0.15, -0.1) is 0 Å². The molecule has 0 unspecified atom stereocenters. The Morgan fingerprint density at radius 3 is 2.63 bits per heavy atom. The highest BCUT2D eigenvalue weighted by molar-refractivity contribution is 6.01. The van der Waals surface area contributed by atoms with Gasteiger partial charge in [-0.25, -0.2) is 0 Å². The molecule has 0 bridgehead atoms. The van der Waals surface area contributed by atoms with E-state index >= 15 is 0 Å². The molecule has 0 aliphatic rings. The van der Waals surface area contributed by atoms with Gasteiger partial charge in [0.1, 0.15) is 5.69 Å². The summed E-state index contributed by atoms with van der Waals surface area (Å²) in [6.45, 7) is 4.94. The van der Waals surface area contributed by atoms with Crippen molar-refractivity contribution in [2.45, 2.75) is 20.3 Å². The van der Waals surface area contributed by atoms with E-state index in [9.17, 15) is 14.9 Å². The molecule has 0 saturated heterocycles. The summed E-state index contributed by atoms with van der Waals surface area (Å²) in [4.78, 5) is 24.4. The number of nitro groups is 1. The van der Waals surface area contributed by atoms with E-state index in [0.717, 1.165) is 6.42 Å². The highest BCUT2D eigenvalue weighted by Gasteiger charge is 2.22. The molecule has 0 radical (unpaired) electrons. The van der Waals surface area contributed by atoms with Crippen molar-refractivity contribution in [2.75, 3.05) is 25.5 Å². The van der Waals surface area contributed by atoms with Crippen LogP contribution in [0.15, 0.2) is 18.2 Å². The lowest BCUT2D eigenvalue weighted by Gasteiger charge is -2.18. The molecule has 1 rings (SSSR count). The van der Waals surface area contributed by atoms with Gasteiger partial charge in [-0.1, -0.05) is 13.0 Å². The predicted molar refractivity (Wildman–Crippen MR) is 74.5 cm³/mol. The molecule has 6 heteroatoms. The van der Waals surface area contributed by atoms with Crippen molar-refractivity contribution in [3.05, 3.63) is 33.9 Å². The van der Waals surface area contributed by atoms with Gasteiger partial charge in [0.2, 0.25) is 0 Å². The van der Waals surface area contributed by atoms with Crippen molar-refractivity contribution in [1.29, 1.82) is 0 Å². The second-order valence-electron chi connectivity index (χ2n) is 4.21. The molecule has 0 aliphatic heterocycles. The Kier molecular flexibility index (Phi) is 5.29. The lowest BCUT2D eigenvalue weighted by Crippen LogP contribution is -2.28. The number of hydrogen-bond donors (Lipinski definition) is 1. The Hall–Kier alpha value is -2.11. The van der Waals surface area contributed by atoms with Gasteiger partial charge in [0.05, 0.1) is 10.5 Å². The van der Waals surface area contributed by atoms with E-state index in [1.165, 1.54) is 12.1 Å². The fourth-order valence-corrected chi connectivity index (χ4v) is 1.88. The molecule has 0 fully saturated rings. The number of para-hydroxylation sites is 1. The van der Waals surface area contributed by atoms with Crippen LogP contribution >= 0.6 is 0 Å². The molecule has 0 aliphatic carbocycles. The van der Waals surface area contributed by atoms with Gasteiger partial charge in [-0.05, 0) is 19.4 Å². The summed E-state index contributed by atoms with van der Waals surface area (Å²) >= 11 is 0. The number of carbonyl (C=O) groups is 1. The first-order valence-corrected chi connectivity index (χ1v) is 6.29. The first kappa shape index (κ1) is 14.9. The number of nitrogens with one attached hydrogen (secondary N) is 1. The molecule has 0 atom stereocenters. The zero-order chi connectivity index (χ0) is 14.4. The molecule has 1 aromatic rings. The second kappa shape index (κ2) is 6.72. The van der Waals surface area contributed by atoms with Crippen molar-refractivity contribution in [3.63, 3.8) is 0 Å². The molecule has 6 nitrogen and oxygen atoms in total. The number of carbonyl (C=O) groups excluding carboxylic acids is 1. The van der Waals surface area contributed by atoms with E-state index in [1.54, 1.807) is 18.0 Å². The van der Waals surface area contributed by atoms with E-state index in [0.29, 0.717) is 24.3 Å². The number of rotatable bonds is 6. The Labute approximate surface area is 112 Å². The summed E-state index contributed by atoms with van der Waals surface area (Å²) in [5.41, 5.74) is 0.563. The average Bonchev–Trinajstić information content (AvgIpc) is 2.38. The summed E-state index contributed by atoms with van der Waals surface area (Å²) < 4.78 is 0. The van der Waals surface area contributed by atoms with E-state index in [2.05, 4.69) is 5.32 Å². The SMILES string of the molecule is CCCN(C)C(=O)c1cccc([N+](=O)[O-])c1NCC. The lowest BCUT2D eigenvalue weighted by atomic mass is 10.1.